The molecule has 2 aromatic carbocycles. The zero-order valence-corrected chi connectivity index (χ0v) is 21.8. The number of likely N-dealkylation sites (N-methyl/N-ethyl adjacent to an activating group) is 2. The van der Waals surface area contributed by atoms with E-state index in [0.717, 1.165) is 48.9 Å². The third-order valence-corrected chi connectivity index (χ3v) is 6.25. The van der Waals surface area contributed by atoms with Gasteiger partial charge in [0.15, 0.2) is 0 Å². The van der Waals surface area contributed by atoms with E-state index in [4.69, 9.17) is 10.5 Å². The molecule has 0 bridgehead atoms. The first-order valence-electron chi connectivity index (χ1n) is 12.4. The minimum atomic E-state index is 0.606. The number of nitrogen functional groups attached to an aromatic ring is 1. The van der Waals surface area contributed by atoms with E-state index >= 15 is 0 Å². The van der Waals surface area contributed by atoms with Gasteiger partial charge in [-0.1, -0.05) is 26.0 Å². The number of hydrogen-bond acceptors (Lipinski definition) is 9. The Morgan fingerprint density at radius 2 is 1.68 bits per heavy atom. The molecular formula is C27H35N9O. The number of rotatable bonds is 12. The Balaban J connectivity index is 1.52. The summed E-state index contributed by atoms with van der Waals surface area (Å²) in [5, 5.41) is 11.0. The summed E-state index contributed by atoms with van der Waals surface area (Å²) in [7, 11) is 3.70. The van der Waals surface area contributed by atoms with Crippen LogP contribution in [-0.4, -0.2) is 65.0 Å². The van der Waals surface area contributed by atoms with Crippen LogP contribution in [0, 0.1) is 0 Å². The van der Waals surface area contributed by atoms with Crippen LogP contribution in [-0.2, 0) is 0 Å². The van der Waals surface area contributed by atoms with Crippen LogP contribution in [0.25, 0.3) is 5.69 Å². The number of methoxy groups -OCH3 is 1. The van der Waals surface area contributed by atoms with E-state index in [-0.39, 0.29) is 0 Å². The standard InChI is InChI=1S/C27H35N9O/c1-5-35(6-2)15-14-34(3)24-17-25(37-4)22(16-20(24)28)33-27-18-26(29-19-30-27)32-21-10-7-8-11-23(21)36-13-9-12-31-36/h7-13,16-19H,5-6,14-15,28H2,1-4H3,(H2,29,30,32,33). The van der Waals surface area contributed by atoms with Crippen LogP contribution < -0.4 is 26.0 Å². The largest absolute Gasteiger partial charge is 0.494 e. The van der Waals surface area contributed by atoms with Crippen molar-refractivity contribution in [2.45, 2.75) is 13.8 Å². The smallest absolute Gasteiger partial charge is 0.144 e. The molecule has 194 valence electrons. The quantitative estimate of drug-likeness (QED) is 0.241. The molecule has 4 rings (SSSR count). The second-order valence-corrected chi connectivity index (χ2v) is 8.57. The monoisotopic (exact) mass is 501 g/mol. The molecule has 2 aromatic heterocycles. The van der Waals surface area contributed by atoms with Gasteiger partial charge >= 0.3 is 0 Å². The minimum Gasteiger partial charge on any atom is -0.494 e. The summed E-state index contributed by atoms with van der Waals surface area (Å²) in [6.07, 6.45) is 5.15. The normalized spacial score (nSPS) is 10.9. The lowest BCUT2D eigenvalue weighted by atomic mass is 10.2. The van der Waals surface area contributed by atoms with Crippen molar-refractivity contribution in [3.8, 4) is 11.4 Å². The van der Waals surface area contributed by atoms with Gasteiger partial charge in [0.25, 0.3) is 0 Å². The molecule has 0 saturated heterocycles. The molecule has 0 aliphatic heterocycles. The maximum Gasteiger partial charge on any atom is 0.144 e. The van der Waals surface area contributed by atoms with Crippen LogP contribution >= 0.6 is 0 Å². The SMILES string of the molecule is CCN(CC)CCN(C)c1cc(OC)c(Nc2cc(Nc3ccccc3-n3cccn3)ncn2)cc1N. The lowest BCUT2D eigenvalue weighted by Crippen LogP contribution is -2.33. The molecule has 0 atom stereocenters. The second kappa shape index (κ2) is 12.1. The number of nitrogens with one attached hydrogen (secondary N) is 2. The van der Waals surface area contributed by atoms with Gasteiger partial charge in [-0.2, -0.15) is 5.10 Å². The maximum atomic E-state index is 6.46. The fourth-order valence-electron chi connectivity index (χ4n) is 4.10. The Morgan fingerprint density at radius 1 is 0.946 bits per heavy atom. The van der Waals surface area contributed by atoms with E-state index < -0.39 is 0 Å². The molecule has 0 saturated carbocycles. The Bertz CT molecular complexity index is 1290. The van der Waals surface area contributed by atoms with Gasteiger partial charge in [-0.15, -0.1) is 0 Å². The lowest BCUT2D eigenvalue weighted by Gasteiger charge is -2.26. The molecule has 37 heavy (non-hydrogen) atoms. The maximum absolute atomic E-state index is 6.46. The summed E-state index contributed by atoms with van der Waals surface area (Å²) in [6.45, 7) is 8.22. The third kappa shape index (κ3) is 6.28. The van der Waals surface area contributed by atoms with Crippen molar-refractivity contribution >= 4 is 34.4 Å². The molecule has 0 amide bonds. The number of ether oxygens (including phenoxy) is 1. The lowest BCUT2D eigenvalue weighted by molar-refractivity contribution is 0.311. The summed E-state index contributed by atoms with van der Waals surface area (Å²) in [5.41, 5.74) is 10.6. The summed E-state index contributed by atoms with van der Waals surface area (Å²) in [5.74, 6) is 1.92. The van der Waals surface area contributed by atoms with Gasteiger partial charge in [-0.25, -0.2) is 14.6 Å². The number of nitrogens with zero attached hydrogens (tertiary/aromatic N) is 6. The topological polar surface area (TPSA) is 109 Å². The minimum absolute atomic E-state index is 0.606. The van der Waals surface area contributed by atoms with Crippen LogP contribution in [0.3, 0.4) is 0 Å². The van der Waals surface area contributed by atoms with Crippen LogP contribution in [0.2, 0.25) is 0 Å². The van der Waals surface area contributed by atoms with Gasteiger partial charge in [0.1, 0.15) is 23.7 Å². The molecular weight excluding hydrogens is 466 g/mol. The van der Waals surface area contributed by atoms with Crippen LogP contribution in [0.15, 0.2) is 67.3 Å². The van der Waals surface area contributed by atoms with Crippen molar-refractivity contribution in [2.75, 3.05) is 61.6 Å². The van der Waals surface area contributed by atoms with E-state index in [1.807, 2.05) is 61.8 Å². The van der Waals surface area contributed by atoms with Gasteiger partial charge in [0.05, 0.1) is 35.5 Å². The van der Waals surface area contributed by atoms with Gasteiger partial charge in [-0.05, 0) is 37.4 Å². The van der Waals surface area contributed by atoms with Gasteiger partial charge in [0.2, 0.25) is 0 Å². The molecule has 4 aromatic rings. The summed E-state index contributed by atoms with van der Waals surface area (Å²) in [4.78, 5) is 13.3. The van der Waals surface area contributed by atoms with Gasteiger partial charge in [0, 0.05) is 44.7 Å². The first-order chi connectivity index (χ1) is 18.0. The highest BCUT2D eigenvalue weighted by Crippen LogP contribution is 2.36. The zero-order chi connectivity index (χ0) is 26.2. The highest BCUT2D eigenvalue weighted by molar-refractivity contribution is 5.80. The van der Waals surface area contributed by atoms with Crippen molar-refractivity contribution in [1.82, 2.24) is 24.6 Å². The number of benzene rings is 2. The molecule has 0 aliphatic rings. The average molecular weight is 502 g/mol. The molecule has 4 N–H and O–H groups in total. The van der Waals surface area contributed by atoms with Crippen LogP contribution in [0.5, 0.6) is 5.75 Å². The highest BCUT2D eigenvalue weighted by Gasteiger charge is 2.14. The van der Waals surface area contributed by atoms with E-state index in [0.29, 0.717) is 23.1 Å². The fraction of sp³-hybridized carbons (Fsp3) is 0.296. The molecule has 0 radical (unpaired) electrons. The third-order valence-electron chi connectivity index (χ3n) is 6.25. The first-order valence-corrected chi connectivity index (χ1v) is 12.4. The number of para-hydroxylation sites is 2. The van der Waals surface area contributed by atoms with E-state index in [1.54, 1.807) is 18.0 Å². The van der Waals surface area contributed by atoms with Gasteiger partial charge in [-0.3, -0.25) is 0 Å². The first kappa shape index (κ1) is 25.8. The van der Waals surface area contributed by atoms with Crippen molar-refractivity contribution < 1.29 is 4.74 Å². The van der Waals surface area contributed by atoms with Crippen molar-refractivity contribution in [2.24, 2.45) is 0 Å². The molecule has 0 spiro atoms. The van der Waals surface area contributed by atoms with E-state index in [9.17, 15) is 0 Å². The number of anilines is 6. The number of hydrogen-bond donors (Lipinski definition) is 3. The Kier molecular flexibility index (Phi) is 8.42. The Morgan fingerprint density at radius 3 is 2.35 bits per heavy atom. The summed E-state index contributed by atoms with van der Waals surface area (Å²) in [6, 6.07) is 15.5. The van der Waals surface area contributed by atoms with Crippen molar-refractivity contribution in [3.05, 3.63) is 67.3 Å². The second-order valence-electron chi connectivity index (χ2n) is 8.57. The molecule has 10 heteroatoms. The number of aromatic nitrogens is 4. The van der Waals surface area contributed by atoms with Crippen molar-refractivity contribution in [1.29, 1.82) is 0 Å². The molecule has 0 fully saturated rings. The Hall–Kier alpha value is -4.31. The molecule has 2 heterocycles. The summed E-state index contributed by atoms with van der Waals surface area (Å²) < 4.78 is 7.49. The van der Waals surface area contributed by atoms with Crippen LogP contribution in [0.1, 0.15) is 13.8 Å². The molecule has 0 aliphatic carbocycles. The predicted molar refractivity (Wildman–Crippen MR) is 151 cm³/mol. The van der Waals surface area contributed by atoms with Crippen molar-refractivity contribution in [3.63, 3.8) is 0 Å². The summed E-state index contributed by atoms with van der Waals surface area (Å²) >= 11 is 0. The zero-order valence-electron chi connectivity index (χ0n) is 21.8. The molecule has 0 unspecified atom stereocenters. The fourth-order valence-corrected chi connectivity index (χ4v) is 4.10. The van der Waals surface area contributed by atoms with E-state index in [1.165, 1.54) is 6.33 Å². The Labute approximate surface area is 218 Å². The van der Waals surface area contributed by atoms with E-state index in [2.05, 4.69) is 49.3 Å². The van der Waals surface area contributed by atoms with Crippen LogP contribution in [0.4, 0.5) is 34.4 Å². The molecule has 10 nitrogen and oxygen atoms in total. The highest BCUT2D eigenvalue weighted by atomic mass is 16.5. The van der Waals surface area contributed by atoms with Gasteiger partial charge < -0.3 is 30.9 Å². The average Bonchev–Trinajstić information content (AvgIpc) is 3.45. The number of nitrogens with two attached hydrogens (primary N) is 1. The predicted octanol–water partition coefficient (Wildman–Crippen LogP) is 4.52.